The number of rotatable bonds is 5. The van der Waals surface area contributed by atoms with Crippen molar-refractivity contribution in [3.63, 3.8) is 0 Å². The Balaban J connectivity index is 2.39. The van der Waals surface area contributed by atoms with Gasteiger partial charge in [0.1, 0.15) is 10.7 Å². The van der Waals surface area contributed by atoms with Crippen LogP contribution < -0.4 is 10.0 Å². The van der Waals surface area contributed by atoms with Gasteiger partial charge in [0.15, 0.2) is 0 Å². The lowest BCUT2D eigenvalue weighted by Crippen LogP contribution is -2.16. The Labute approximate surface area is 124 Å². The second-order valence-corrected chi connectivity index (χ2v) is 6.27. The van der Waals surface area contributed by atoms with Crippen molar-refractivity contribution < 1.29 is 12.8 Å². The molecule has 21 heavy (non-hydrogen) atoms. The molecule has 6 heteroatoms. The van der Waals surface area contributed by atoms with E-state index in [0.717, 1.165) is 5.56 Å². The van der Waals surface area contributed by atoms with Gasteiger partial charge in [0.05, 0.1) is 11.4 Å². The van der Waals surface area contributed by atoms with Gasteiger partial charge in [-0.3, -0.25) is 4.72 Å². The van der Waals surface area contributed by atoms with Crippen LogP contribution in [0.25, 0.3) is 0 Å². The van der Waals surface area contributed by atoms with Crippen molar-refractivity contribution in [1.29, 1.82) is 0 Å². The number of para-hydroxylation sites is 1. The molecule has 0 saturated heterocycles. The van der Waals surface area contributed by atoms with Crippen molar-refractivity contribution in [3.05, 3.63) is 53.8 Å². The van der Waals surface area contributed by atoms with E-state index in [9.17, 15) is 12.8 Å². The van der Waals surface area contributed by atoms with Crippen LogP contribution in [0.5, 0.6) is 0 Å². The highest BCUT2D eigenvalue weighted by atomic mass is 32.2. The van der Waals surface area contributed by atoms with E-state index in [1.165, 1.54) is 18.2 Å². The summed E-state index contributed by atoms with van der Waals surface area (Å²) in [6, 6.07) is 10.9. The van der Waals surface area contributed by atoms with E-state index in [-0.39, 0.29) is 10.6 Å². The molecule has 0 aliphatic carbocycles. The second kappa shape index (κ2) is 6.13. The normalized spacial score (nSPS) is 11.2. The predicted molar refractivity (Wildman–Crippen MR) is 82.6 cm³/mol. The van der Waals surface area contributed by atoms with Crippen molar-refractivity contribution >= 4 is 21.4 Å². The Morgan fingerprint density at radius 2 is 1.81 bits per heavy atom. The number of halogens is 1. The molecule has 2 aromatic rings. The van der Waals surface area contributed by atoms with Crippen LogP contribution in [-0.2, 0) is 10.0 Å². The summed E-state index contributed by atoms with van der Waals surface area (Å²) in [5, 5.41) is 2.98. The van der Waals surface area contributed by atoms with Crippen LogP contribution in [-0.4, -0.2) is 15.0 Å². The number of hydrogen-bond donors (Lipinski definition) is 2. The molecule has 4 nitrogen and oxygen atoms in total. The van der Waals surface area contributed by atoms with Gasteiger partial charge in [0, 0.05) is 6.54 Å². The van der Waals surface area contributed by atoms with Crippen molar-refractivity contribution in [2.45, 2.75) is 18.7 Å². The fourth-order valence-corrected chi connectivity index (χ4v) is 3.19. The summed E-state index contributed by atoms with van der Waals surface area (Å²) in [6.45, 7) is 4.20. The number of aryl methyl sites for hydroxylation is 1. The third-order valence-corrected chi connectivity index (χ3v) is 4.34. The van der Waals surface area contributed by atoms with Crippen LogP contribution >= 0.6 is 0 Å². The predicted octanol–water partition coefficient (Wildman–Crippen LogP) is 3.37. The van der Waals surface area contributed by atoms with Crippen LogP contribution in [0.15, 0.2) is 47.4 Å². The van der Waals surface area contributed by atoms with Crippen molar-refractivity contribution in [1.82, 2.24) is 0 Å². The van der Waals surface area contributed by atoms with Gasteiger partial charge in [-0.2, -0.15) is 0 Å². The molecule has 0 aromatic heterocycles. The third kappa shape index (κ3) is 3.52. The summed E-state index contributed by atoms with van der Waals surface area (Å²) in [5.74, 6) is -0.598. The fraction of sp³-hybridized carbons (Fsp3) is 0.200. The molecule has 112 valence electrons. The Kier molecular flexibility index (Phi) is 4.47. The molecular formula is C15H17FN2O2S. The Bertz CT molecular complexity index is 745. The molecule has 0 amide bonds. The lowest BCUT2D eigenvalue weighted by molar-refractivity contribution is 0.598. The highest BCUT2D eigenvalue weighted by Crippen LogP contribution is 2.25. The maximum Gasteiger partial charge on any atom is 0.264 e. The van der Waals surface area contributed by atoms with Gasteiger partial charge in [0.25, 0.3) is 10.0 Å². The van der Waals surface area contributed by atoms with Crippen molar-refractivity contribution in [2.24, 2.45) is 0 Å². The Morgan fingerprint density at radius 1 is 1.10 bits per heavy atom. The number of anilines is 2. The SMILES string of the molecule is CCNc1ccccc1S(=O)(=O)Nc1ccc(C)cc1F. The van der Waals surface area contributed by atoms with E-state index in [0.29, 0.717) is 12.2 Å². The Morgan fingerprint density at radius 3 is 2.48 bits per heavy atom. The number of sulfonamides is 1. The van der Waals surface area contributed by atoms with Gasteiger partial charge in [-0.1, -0.05) is 18.2 Å². The molecule has 0 atom stereocenters. The van der Waals surface area contributed by atoms with E-state index in [1.54, 1.807) is 31.2 Å². The minimum Gasteiger partial charge on any atom is -0.384 e. The summed E-state index contributed by atoms with van der Waals surface area (Å²) < 4.78 is 40.9. The standard InChI is InChI=1S/C15H17FN2O2S/c1-3-17-14-6-4-5-7-15(14)21(19,20)18-13-9-8-11(2)10-12(13)16/h4-10,17-18H,3H2,1-2H3. The number of hydrogen-bond acceptors (Lipinski definition) is 3. The average molecular weight is 308 g/mol. The first-order valence-electron chi connectivity index (χ1n) is 6.56. The van der Waals surface area contributed by atoms with E-state index >= 15 is 0 Å². The summed E-state index contributed by atoms with van der Waals surface area (Å²) in [6.07, 6.45) is 0. The van der Waals surface area contributed by atoms with Gasteiger partial charge in [0.2, 0.25) is 0 Å². The maximum atomic E-state index is 13.8. The van der Waals surface area contributed by atoms with Gasteiger partial charge in [-0.05, 0) is 43.7 Å². The first-order valence-corrected chi connectivity index (χ1v) is 8.04. The molecule has 0 fully saturated rings. The maximum absolute atomic E-state index is 13.8. The molecule has 2 aromatic carbocycles. The molecule has 0 spiro atoms. The van der Waals surface area contributed by atoms with E-state index in [1.807, 2.05) is 6.92 Å². The third-order valence-electron chi connectivity index (χ3n) is 2.91. The first-order chi connectivity index (χ1) is 9.94. The summed E-state index contributed by atoms with van der Waals surface area (Å²) in [7, 11) is -3.85. The lowest BCUT2D eigenvalue weighted by atomic mass is 10.2. The smallest absolute Gasteiger partial charge is 0.264 e. The van der Waals surface area contributed by atoms with Crippen LogP contribution in [0.2, 0.25) is 0 Å². The molecule has 0 heterocycles. The van der Waals surface area contributed by atoms with E-state index in [2.05, 4.69) is 10.0 Å². The quantitative estimate of drug-likeness (QED) is 0.890. The summed E-state index contributed by atoms with van der Waals surface area (Å²) >= 11 is 0. The van der Waals surface area contributed by atoms with Gasteiger partial charge in [-0.25, -0.2) is 12.8 Å². The zero-order valence-electron chi connectivity index (χ0n) is 11.9. The largest absolute Gasteiger partial charge is 0.384 e. The summed E-state index contributed by atoms with van der Waals surface area (Å²) in [5.41, 5.74) is 1.15. The van der Waals surface area contributed by atoms with Gasteiger partial charge in [-0.15, -0.1) is 0 Å². The molecular weight excluding hydrogens is 291 g/mol. The van der Waals surface area contributed by atoms with Gasteiger partial charge >= 0.3 is 0 Å². The minimum absolute atomic E-state index is 0.0631. The van der Waals surface area contributed by atoms with Crippen LogP contribution in [0, 0.1) is 12.7 Å². The molecule has 2 N–H and O–H groups in total. The average Bonchev–Trinajstić information content (AvgIpc) is 2.43. The molecule has 0 aliphatic heterocycles. The highest BCUT2D eigenvalue weighted by molar-refractivity contribution is 7.92. The highest BCUT2D eigenvalue weighted by Gasteiger charge is 2.19. The second-order valence-electron chi connectivity index (χ2n) is 4.62. The molecule has 0 bridgehead atoms. The summed E-state index contributed by atoms with van der Waals surface area (Å²) in [4.78, 5) is 0.0897. The number of nitrogens with one attached hydrogen (secondary N) is 2. The molecule has 0 unspecified atom stereocenters. The zero-order valence-corrected chi connectivity index (χ0v) is 12.7. The zero-order chi connectivity index (χ0) is 15.5. The topological polar surface area (TPSA) is 58.2 Å². The van der Waals surface area contributed by atoms with Crippen molar-refractivity contribution in [2.75, 3.05) is 16.6 Å². The fourth-order valence-electron chi connectivity index (χ4n) is 1.94. The Hall–Kier alpha value is -2.08. The molecule has 0 saturated carbocycles. The van der Waals surface area contributed by atoms with Crippen LogP contribution in [0.4, 0.5) is 15.8 Å². The minimum atomic E-state index is -3.85. The van der Waals surface area contributed by atoms with Crippen LogP contribution in [0.1, 0.15) is 12.5 Å². The lowest BCUT2D eigenvalue weighted by Gasteiger charge is -2.13. The van der Waals surface area contributed by atoms with Crippen molar-refractivity contribution in [3.8, 4) is 0 Å². The molecule has 2 rings (SSSR count). The molecule has 0 radical (unpaired) electrons. The molecule has 0 aliphatic rings. The van der Waals surface area contributed by atoms with Crippen LogP contribution in [0.3, 0.4) is 0 Å². The van der Waals surface area contributed by atoms with E-state index in [4.69, 9.17) is 0 Å². The first kappa shape index (κ1) is 15.3. The van der Waals surface area contributed by atoms with Gasteiger partial charge < -0.3 is 5.32 Å². The van der Waals surface area contributed by atoms with E-state index < -0.39 is 15.8 Å². The number of benzene rings is 2. The monoisotopic (exact) mass is 308 g/mol.